The Morgan fingerprint density at radius 3 is 2.65 bits per heavy atom. The van der Waals surface area contributed by atoms with Gasteiger partial charge in [0.25, 0.3) is 6.01 Å². The summed E-state index contributed by atoms with van der Waals surface area (Å²) in [7, 11) is 3.03. The maximum Gasteiger partial charge on any atom is 0.337 e. The molecule has 8 nitrogen and oxygen atoms in total. The molecule has 1 fully saturated rings. The highest BCUT2D eigenvalue weighted by molar-refractivity contribution is 5.93. The number of carbonyl (C=O) groups is 1. The number of anilines is 1. The number of hydrogen-bond acceptors (Lipinski definition) is 8. The Bertz CT molecular complexity index is 1120. The summed E-state index contributed by atoms with van der Waals surface area (Å²) < 4.78 is 22.0. The molecule has 34 heavy (non-hydrogen) atoms. The molecule has 1 N–H and O–H groups in total. The van der Waals surface area contributed by atoms with Crippen molar-refractivity contribution in [3.63, 3.8) is 0 Å². The van der Waals surface area contributed by atoms with E-state index < -0.39 is 5.97 Å². The van der Waals surface area contributed by atoms with Crippen LogP contribution < -0.4 is 14.8 Å². The Balaban J connectivity index is 1.32. The summed E-state index contributed by atoms with van der Waals surface area (Å²) in [5.74, 6) is 1.63. The molecule has 0 unspecified atom stereocenters. The van der Waals surface area contributed by atoms with Crippen LogP contribution in [0.5, 0.6) is 11.5 Å². The number of carbonyl (C=O) groups excluding carboxylic acids is 1. The first-order valence-electron chi connectivity index (χ1n) is 11.7. The SMILES string of the molecule is COC(=O)c1ccc2nc(NC3CCN(Cc4ccc(OC)c(OCC(C)C)c4)CC3)oc2c1. The number of aromatic nitrogens is 1. The summed E-state index contributed by atoms with van der Waals surface area (Å²) in [5, 5.41) is 3.41. The summed E-state index contributed by atoms with van der Waals surface area (Å²) >= 11 is 0. The Labute approximate surface area is 200 Å². The summed E-state index contributed by atoms with van der Waals surface area (Å²) in [6, 6.07) is 12.1. The minimum atomic E-state index is -0.393. The molecule has 2 aromatic carbocycles. The molecule has 182 valence electrons. The number of fused-ring (bicyclic) bond motifs is 1. The maximum absolute atomic E-state index is 11.7. The van der Waals surface area contributed by atoms with E-state index in [9.17, 15) is 4.79 Å². The van der Waals surface area contributed by atoms with Gasteiger partial charge in [0, 0.05) is 25.7 Å². The Kier molecular flexibility index (Phi) is 7.57. The summed E-state index contributed by atoms with van der Waals surface area (Å²) in [5.41, 5.74) is 2.94. The van der Waals surface area contributed by atoms with Crippen molar-refractivity contribution >= 4 is 23.1 Å². The lowest BCUT2D eigenvalue weighted by molar-refractivity contribution is 0.0600. The van der Waals surface area contributed by atoms with Gasteiger partial charge in [-0.05, 0) is 54.7 Å². The number of methoxy groups -OCH3 is 2. The van der Waals surface area contributed by atoms with E-state index >= 15 is 0 Å². The molecule has 1 aromatic heterocycles. The zero-order valence-electron chi connectivity index (χ0n) is 20.3. The molecule has 4 rings (SSSR count). The molecule has 1 aliphatic rings. The van der Waals surface area contributed by atoms with E-state index in [1.807, 2.05) is 6.07 Å². The molecule has 0 amide bonds. The topological polar surface area (TPSA) is 86.1 Å². The fourth-order valence-corrected chi connectivity index (χ4v) is 4.09. The number of rotatable bonds is 9. The number of likely N-dealkylation sites (tertiary alicyclic amines) is 1. The highest BCUT2D eigenvalue weighted by atomic mass is 16.5. The van der Waals surface area contributed by atoms with Gasteiger partial charge in [-0.3, -0.25) is 4.90 Å². The van der Waals surface area contributed by atoms with Crippen LogP contribution in [-0.4, -0.2) is 55.8 Å². The van der Waals surface area contributed by atoms with Crippen LogP contribution in [0.4, 0.5) is 6.01 Å². The molecule has 1 saturated heterocycles. The average molecular weight is 468 g/mol. The van der Waals surface area contributed by atoms with Crippen LogP contribution in [0, 0.1) is 5.92 Å². The normalized spacial score (nSPS) is 15.0. The molecule has 3 aromatic rings. The number of benzene rings is 2. The predicted molar refractivity (Wildman–Crippen MR) is 131 cm³/mol. The van der Waals surface area contributed by atoms with Crippen LogP contribution in [0.3, 0.4) is 0 Å². The van der Waals surface area contributed by atoms with Gasteiger partial charge in [-0.25, -0.2) is 4.79 Å². The van der Waals surface area contributed by atoms with E-state index in [-0.39, 0.29) is 6.04 Å². The van der Waals surface area contributed by atoms with Crippen LogP contribution in [0.1, 0.15) is 42.6 Å². The number of piperidine rings is 1. The Hall–Kier alpha value is -3.26. The lowest BCUT2D eigenvalue weighted by Crippen LogP contribution is -2.38. The van der Waals surface area contributed by atoms with Crippen LogP contribution in [0.15, 0.2) is 40.8 Å². The van der Waals surface area contributed by atoms with Crippen LogP contribution in [0.2, 0.25) is 0 Å². The van der Waals surface area contributed by atoms with Crippen molar-refractivity contribution in [2.75, 3.05) is 39.2 Å². The van der Waals surface area contributed by atoms with E-state index in [1.165, 1.54) is 12.7 Å². The lowest BCUT2D eigenvalue weighted by atomic mass is 10.0. The van der Waals surface area contributed by atoms with E-state index in [2.05, 4.69) is 41.2 Å². The molecule has 8 heteroatoms. The predicted octanol–water partition coefficient (Wildman–Crippen LogP) is 4.73. The molecule has 0 atom stereocenters. The third-order valence-corrected chi connectivity index (χ3v) is 5.93. The number of esters is 1. The maximum atomic E-state index is 11.7. The molecule has 1 aliphatic heterocycles. The van der Waals surface area contributed by atoms with Gasteiger partial charge < -0.3 is 23.9 Å². The van der Waals surface area contributed by atoms with Crippen molar-refractivity contribution in [3.8, 4) is 11.5 Å². The summed E-state index contributed by atoms with van der Waals surface area (Å²) in [6.07, 6.45) is 1.97. The smallest absolute Gasteiger partial charge is 0.337 e. The van der Waals surface area contributed by atoms with E-state index in [0.29, 0.717) is 35.2 Å². The first kappa shape index (κ1) is 23.9. The minimum Gasteiger partial charge on any atom is -0.493 e. The van der Waals surface area contributed by atoms with Gasteiger partial charge in [0.2, 0.25) is 0 Å². The monoisotopic (exact) mass is 467 g/mol. The number of ether oxygens (including phenoxy) is 3. The first-order chi connectivity index (χ1) is 16.4. The van der Waals surface area contributed by atoms with Crippen molar-refractivity contribution in [1.82, 2.24) is 9.88 Å². The van der Waals surface area contributed by atoms with Crippen molar-refractivity contribution in [3.05, 3.63) is 47.5 Å². The first-order valence-corrected chi connectivity index (χ1v) is 11.7. The zero-order chi connectivity index (χ0) is 24.1. The minimum absolute atomic E-state index is 0.283. The van der Waals surface area contributed by atoms with E-state index in [0.717, 1.165) is 44.0 Å². The summed E-state index contributed by atoms with van der Waals surface area (Å²) in [6.45, 7) is 7.74. The van der Waals surface area contributed by atoms with E-state index in [1.54, 1.807) is 25.3 Å². The standard InChI is InChI=1S/C26H33N3O5/c1-17(2)16-33-24-13-18(5-8-22(24)31-3)15-29-11-9-20(10-12-29)27-26-28-21-7-6-19(25(30)32-4)14-23(21)34-26/h5-8,13-14,17,20H,9-12,15-16H2,1-4H3,(H,27,28). The number of nitrogens with zero attached hydrogens (tertiary/aromatic N) is 2. The molecule has 0 saturated carbocycles. The quantitative estimate of drug-likeness (QED) is 0.452. The molecule has 0 aliphatic carbocycles. The van der Waals surface area contributed by atoms with Gasteiger partial charge in [-0.1, -0.05) is 19.9 Å². The van der Waals surface area contributed by atoms with Crippen molar-refractivity contribution in [2.45, 2.75) is 39.3 Å². The summed E-state index contributed by atoms with van der Waals surface area (Å²) in [4.78, 5) is 18.7. The van der Waals surface area contributed by atoms with Gasteiger partial charge in [-0.2, -0.15) is 4.98 Å². The second-order valence-corrected chi connectivity index (χ2v) is 9.08. The average Bonchev–Trinajstić information content (AvgIpc) is 3.25. The van der Waals surface area contributed by atoms with Gasteiger partial charge in [-0.15, -0.1) is 0 Å². The lowest BCUT2D eigenvalue weighted by Gasteiger charge is -2.32. The second-order valence-electron chi connectivity index (χ2n) is 9.08. The third-order valence-electron chi connectivity index (χ3n) is 5.93. The van der Waals surface area contributed by atoms with Gasteiger partial charge in [0.15, 0.2) is 17.1 Å². The second kappa shape index (κ2) is 10.8. The molecular weight excluding hydrogens is 434 g/mol. The fourth-order valence-electron chi connectivity index (χ4n) is 4.09. The van der Waals surface area contributed by atoms with Gasteiger partial charge in [0.05, 0.1) is 26.4 Å². The Morgan fingerprint density at radius 2 is 1.94 bits per heavy atom. The molecule has 0 bridgehead atoms. The van der Waals surface area contributed by atoms with Gasteiger partial charge in [0.1, 0.15) is 5.52 Å². The van der Waals surface area contributed by atoms with Crippen LogP contribution >= 0.6 is 0 Å². The number of oxazole rings is 1. The van der Waals surface area contributed by atoms with Crippen molar-refractivity contribution < 1.29 is 23.4 Å². The molecule has 0 radical (unpaired) electrons. The van der Waals surface area contributed by atoms with E-state index in [4.69, 9.17) is 18.6 Å². The van der Waals surface area contributed by atoms with Crippen molar-refractivity contribution in [2.24, 2.45) is 5.92 Å². The number of hydrogen-bond donors (Lipinski definition) is 1. The molecule has 2 heterocycles. The van der Waals surface area contributed by atoms with Crippen LogP contribution in [0.25, 0.3) is 11.1 Å². The van der Waals surface area contributed by atoms with Crippen molar-refractivity contribution in [1.29, 1.82) is 0 Å². The number of nitrogens with one attached hydrogen (secondary N) is 1. The molecule has 0 spiro atoms. The fraction of sp³-hybridized carbons (Fsp3) is 0.462. The highest BCUT2D eigenvalue weighted by Crippen LogP contribution is 2.30. The zero-order valence-corrected chi connectivity index (χ0v) is 20.3. The Morgan fingerprint density at radius 1 is 1.15 bits per heavy atom. The van der Waals surface area contributed by atoms with Gasteiger partial charge >= 0.3 is 5.97 Å². The van der Waals surface area contributed by atoms with Crippen LogP contribution in [-0.2, 0) is 11.3 Å². The highest BCUT2D eigenvalue weighted by Gasteiger charge is 2.21. The largest absolute Gasteiger partial charge is 0.493 e. The third kappa shape index (κ3) is 5.80. The molecular formula is C26H33N3O5.